The minimum absolute atomic E-state index is 0.387. The van der Waals surface area contributed by atoms with E-state index in [2.05, 4.69) is 21.2 Å². The predicted molar refractivity (Wildman–Crippen MR) is 89.3 cm³/mol. The molecule has 0 aromatic heterocycles. The van der Waals surface area contributed by atoms with E-state index in [1.54, 1.807) is 18.2 Å². The van der Waals surface area contributed by atoms with Crippen molar-refractivity contribution in [2.75, 3.05) is 12.4 Å². The van der Waals surface area contributed by atoms with Crippen LogP contribution in [0.2, 0.25) is 10.0 Å². The number of hydrogen-bond acceptors (Lipinski definition) is 3. The number of nitrogens with one attached hydrogen (secondary N) is 1. The number of methoxy groups -OCH3 is 1. The monoisotopic (exact) mass is 387 g/mol. The van der Waals surface area contributed by atoms with Crippen LogP contribution >= 0.6 is 39.1 Å². The standard InChI is InChI=1S/C15H12BrCl2NO2/c1-21-15(20)12-7-11(17)4-5-14(12)19-8-9-2-3-10(16)6-13(9)18/h2-7,19H,8H2,1H3. The second-order valence-electron chi connectivity index (χ2n) is 4.27. The van der Waals surface area contributed by atoms with Crippen molar-refractivity contribution in [2.24, 2.45) is 0 Å². The third kappa shape index (κ3) is 4.13. The van der Waals surface area contributed by atoms with Crippen LogP contribution in [-0.2, 0) is 11.3 Å². The van der Waals surface area contributed by atoms with E-state index in [0.717, 1.165) is 10.0 Å². The molecule has 6 heteroatoms. The number of anilines is 1. The Balaban J connectivity index is 2.21. The summed E-state index contributed by atoms with van der Waals surface area (Å²) in [5.74, 6) is -0.443. The summed E-state index contributed by atoms with van der Waals surface area (Å²) < 4.78 is 5.67. The van der Waals surface area contributed by atoms with E-state index >= 15 is 0 Å². The summed E-state index contributed by atoms with van der Waals surface area (Å²) in [4.78, 5) is 11.8. The molecule has 0 bridgehead atoms. The van der Waals surface area contributed by atoms with Gasteiger partial charge in [0.25, 0.3) is 0 Å². The Hall–Kier alpha value is -1.23. The normalized spacial score (nSPS) is 10.3. The van der Waals surface area contributed by atoms with E-state index in [-0.39, 0.29) is 0 Å². The molecule has 110 valence electrons. The van der Waals surface area contributed by atoms with Crippen LogP contribution in [0.15, 0.2) is 40.9 Å². The number of esters is 1. The maximum absolute atomic E-state index is 11.8. The summed E-state index contributed by atoms with van der Waals surface area (Å²) in [6, 6.07) is 10.7. The van der Waals surface area contributed by atoms with Crippen LogP contribution in [0.25, 0.3) is 0 Å². The molecular formula is C15H12BrCl2NO2. The molecule has 3 nitrogen and oxygen atoms in total. The Kier molecular flexibility index (Phi) is 5.51. The molecular weight excluding hydrogens is 377 g/mol. The highest BCUT2D eigenvalue weighted by Crippen LogP contribution is 2.25. The SMILES string of the molecule is COC(=O)c1cc(Cl)ccc1NCc1ccc(Br)cc1Cl. The van der Waals surface area contributed by atoms with E-state index in [4.69, 9.17) is 27.9 Å². The third-order valence-corrected chi connectivity index (χ3v) is 3.95. The van der Waals surface area contributed by atoms with Gasteiger partial charge in [-0.25, -0.2) is 4.79 Å². The van der Waals surface area contributed by atoms with Crippen molar-refractivity contribution in [3.63, 3.8) is 0 Å². The van der Waals surface area contributed by atoms with Crippen molar-refractivity contribution in [1.29, 1.82) is 0 Å². The zero-order valence-corrected chi connectivity index (χ0v) is 14.2. The fourth-order valence-electron chi connectivity index (χ4n) is 1.80. The van der Waals surface area contributed by atoms with Gasteiger partial charge in [0.2, 0.25) is 0 Å². The van der Waals surface area contributed by atoms with Gasteiger partial charge in [-0.2, -0.15) is 0 Å². The molecule has 0 unspecified atom stereocenters. The van der Waals surface area contributed by atoms with Crippen molar-refractivity contribution in [3.05, 3.63) is 62.0 Å². The zero-order valence-electron chi connectivity index (χ0n) is 11.1. The smallest absolute Gasteiger partial charge is 0.340 e. The van der Waals surface area contributed by atoms with Gasteiger partial charge in [0.15, 0.2) is 0 Å². The summed E-state index contributed by atoms with van der Waals surface area (Å²) in [5, 5.41) is 4.29. The minimum Gasteiger partial charge on any atom is -0.465 e. The van der Waals surface area contributed by atoms with Crippen LogP contribution < -0.4 is 5.32 Å². The molecule has 0 heterocycles. The predicted octanol–water partition coefficient (Wildman–Crippen LogP) is 5.15. The molecule has 2 aromatic carbocycles. The maximum atomic E-state index is 11.8. The maximum Gasteiger partial charge on any atom is 0.340 e. The number of halogens is 3. The van der Waals surface area contributed by atoms with Crippen molar-refractivity contribution in [1.82, 2.24) is 0 Å². The fourth-order valence-corrected chi connectivity index (χ4v) is 2.72. The first-order valence-corrected chi connectivity index (χ1v) is 7.62. The van der Waals surface area contributed by atoms with Gasteiger partial charge in [-0.05, 0) is 35.9 Å². The second kappa shape index (κ2) is 7.16. The molecule has 0 atom stereocenters. The number of carbonyl (C=O) groups excluding carboxylic acids is 1. The topological polar surface area (TPSA) is 38.3 Å². The highest BCUT2D eigenvalue weighted by atomic mass is 79.9. The van der Waals surface area contributed by atoms with Crippen LogP contribution in [0.1, 0.15) is 15.9 Å². The first-order chi connectivity index (χ1) is 10.0. The zero-order chi connectivity index (χ0) is 15.4. The van der Waals surface area contributed by atoms with Gasteiger partial charge in [0, 0.05) is 26.8 Å². The number of hydrogen-bond donors (Lipinski definition) is 1. The number of carbonyl (C=O) groups is 1. The fraction of sp³-hybridized carbons (Fsp3) is 0.133. The van der Waals surface area contributed by atoms with Crippen LogP contribution in [0, 0.1) is 0 Å². The summed E-state index contributed by atoms with van der Waals surface area (Å²) in [7, 11) is 1.33. The van der Waals surface area contributed by atoms with Gasteiger partial charge in [-0.3, -0.25) is 0 Å². The van der Waals surface area contributed by atoms with Gasteiger partial charge >= 0.3 is 5.97 Å². The van der Waals surface area contributed by atoms with Gasteiger partial charge in [-0.15, -0.1) is 0 Å². The molecule has 21 heavy (non-hydrogen) atoms. The summed E-state index contributed by atoms with van der Waals surface area (Å²) in [5.41, 5.74) is 1.95. The number of benzene rings is 2. The van der Waals surface area contributed by atoms with Crippen LogP contribution in [-0.4, -0.2) is 13.1 Å². The summed E-state index contributed by atoms with van der Waals surface area (Å²) in [6.45, 7) is 0.484. The van der Waals surface area contributed by atoms with E-state index in [9.17, 15) is 4.79 Å². The molecule has 0 aliphatic rings. The van der Waals surface area contributed by atoms with Gasteiger partial charge in [-0.1, -0.05) is 45.2 Å². The molecule has 0 fully saturated rings. The number of ether oxygens (including phenoxy) is 1. The largest absolute Gasteiger partial charge is 0.465 e. The Bertz CT molecular complexity index is 677. The lowest BCUT2D eigenvalue weighted by molar-refractivity contribution is 0.0602. The van der Waals surface area contributed by atoms with E-state index < -0.39 is 5.97 Å². The molecule has 2 rings (SSSR count). The third-order valence-electron chi connectivity index (χ3n) is 2.87. The lowest BCUT2D eigenvalue weighted by Crippen LogP contribution is -2.08. The molecule has 0 aliphatic carbocycles. The summed E-state index contributed by atoms with van der Waals surface area (Å²) >= 11 is 15.4. The molecule has 0 amide bonds. The van der Waals surface area contributed by atoms with Crippen molar-refractivity contribution < 1.29 is 9.53 Å². The van der Waals surface area contributed by atoms with Crippen molar-refractivity contribution >= 4 is 50.8 Å². The van der Waals surface area contributed by atoms with Crippen molar-refractivity contribution in [3.8, 4) is 0 Å². The number of rotatable bonds is 4. The Labute approximate surface area is 141 Å². The first kappa shape index (κ1) is 16.1. The highest BCUT2D eigenvalue weighted by Gasteiger charge is 2.12. The average Bonchev–Trinajstić information content (AvgIpc) is 2.46. The van der Waals surface area contributed by atoms with Gasteiger partial charge in [0.1, 0.15) is 0 Å². The van der Waals surface area contributed by atoms with E-state index in [0.29, 0.717) is 27.8 Å². The van der Waals surface area contributed by atoms with Crippen LogP contribution in [0.3, 0.4) is 0 Å². The molecule has 0 radical (unpaired) electrons. The van der Waals surface area contributed by atoms with E-state index in [1.807, 2.05) is 18.2 Å². The highest BCUT2D eigenvalue weighted by molar-refractivity contribution is 9.10. The minimum atomic E-state index is -0.443. The lowest BCUT2D eigenvalue weighted by Gasteiger charge is -2.12. The molecule has 2 aromatic rings. The Morgan fingerprint density at radius 1 is 1.24 bits per heavy atom. The Morgan fingerprint density at radius 2 is 2.00 bits per heavy atom. The van der Waals surface area contributed by atoms with Crippen LogP contribution in [0.5, 0.6) is 0 Å². The Morgan fingerprint density at radius 3 is 2.67 bits per heavy atom. The lowest BCUT2D eigenvalue weighted by atomic mass is 10.1. The second-order valence-corrected chi connectivity index (χ2v) is 6.03. The van der Waals surface area contributed by atoms with Gasteiger partial charge in [0.05, 0.1) is 12.7 Å². The summed E-state index contributed by atoms with van der Waals surface area (Å²) in [6.07, 6.45) is 0. The molecule has 0 aliphatic heterocycles. The molecule has 1 N–H and O–H groups in total. The quantitative estimate of drug-likeness (QED) is 0.735. The molecule has 0 saturated carbocycles. The van der Waals surface area contributed by atoms with E-state index in [1.165, 1.54) is 7.11 Å². The van der Waals surface area contributed by atoms with Crippen molar-refractivity contribution in [2.45, 2.75) is 6.54 Å². The average molecular weight is 389 g/mol. The first-order valence-electron chi connectivity index (χ1n) is 6.07. The molecule has 0 saturated heterocycles. The molecule has 0 spiro atoms. The van der Waals surface area contributed by atoms with Crippen LogP contribution in [0.4, 0.5) is 5.69 Å². The van der Waals surface area contributed by atoms with Gasteiger partial charge < -0.3 is 10.1 Å².